The Morgan fingerprint density at radius 3 is 2.21 bits per heavy atom. The lowest BCUT2D eigenvalue weighted by atomic mass is 10.2. The van der Waals surface area contributed by atoms with Gasteiger partial charge in [0.1, 0.15) is 0 Å². The van der Waals surface area contributed by atoms with Crippen molar-refractivity contribution < 1.29 is 19.0 Å². The zero-order valence-corrected chi connectivity index (χ0v) is 13.6. The van der Waals surface area contributed by atoms with Crippen LogP contribution in [0.1, 0.15) is 24.3 Å². The molecular weight excluding hydrogens is 310 g/mol. The number of nitrogens with one attached hydrogen (secondary N) is 1. The fourth-order valence-corrected chi connectivity index (χ4v) is 2.00. The molecule has 0 aliphatic carbocycles. The fourth-order valence-electron chi connectivity index (χ4n) is 2.00. The van der Waals surface area contributed by atoms with E-state index in [-0.39, 0.29) is 0 Å². The number of anilines is 1. The molecule has 24 heavy (non-hydrogen) atoms. The summed E-state index contributed by atoms with van der Waals surface area (Å²) in [5.41, 5.74) is 1.84. The van der Waals surface area contributed by atoms with Crippen LogP contribution in [-0.2, 0) is 9.53 Å². The molecule has 0 saturated heterocycles. The van der Waals surface area contributed by atoms with Gasteiger partial charge in [-0.2, -0.15) is 10.2 Å². The van der Waals surface area contributed by atoms with E-state index in [1.165, 1.54) is 21.1 Å². The molecule has 0 radical (unpaired) electrons. The van der Waals surface area contributed by atoms with Crippen molar-refractivity contribution in [2.24, 2.45) is 0 Å². The highest BCUT2D eigenvalue weighted by Crippen LogP contribution is 2.27. The minimum absolute atomic E-state index is 0.336. The lowest BCUT2D eigenvalue weighted by Gasteiger charge is -2.21. The predicted molar refractivity (Wildman–Crippen MR) is 86.6 cm³/mol. The van der Waals surface area contributed by atoms with E-state index in [1.807, 2.05) is 6.07 Å². The predicted octanol–water partition coefficient (Wildman–Crippen LogP) is 2.64. The van der Waals surface area contributed by atoms with Gasteiger partial charge in [-0.15, -0.1) is 0 Å². The number of rotatable bonds is 6. The van der Waals surface area contributed by atoms with E-state index >= 15 is 0 Å². The Balaban J connectivity index is 2.33. The molecule has 1 unspecified atom stereocenters. The molecule has 124 valence electrons. The van der Waals surface area contributed by atoms with Crippen molar-refractivity contribution in [2.45, 2.75) is 13.2 Å². The topological polar surface area (TPSA) is 93.5 Å². The molecule has 7 nitrogen and oxygen atoms in total. The lowest BCUT2D eigenvalue weighted by molar-refractivity contribution is -0.145. The number of esters is 1. The Labute approximate surface area is 139 Å². The highest BCUT2D eigenvalue weighted by Gasteiger charge is 2.18. The Hall–Kier alpha value is -3.27. The van der Waals surface area contributed by atoms with Crippen LogP contribution in [0.15, 0.2) is 36.4 Å². The second-order valence-electron chi connectivity index (χ2n) is 4.81. The van der Waals surface area contributed by atoms with Crippen molar-refractivity contribution in [3.63, 3.8) is 0 Å². The van der Waals surface area contributed by atoms with Crippen molar-refractivity contribution in [3.05, 3.63) is 47.5 Å². The highest BCUT2D eigenvalue weighted by atomic mass is 16.6. The summed E-state index contributed by atoms with van der Waals surface area (Å²) in [7, 11) is 2.97. The number of nitriles is 1. The standard InChI is InChI=1S/C17H17N3O4/c1-11(21)24-17(19-14-6-4-12(10-18)5-7-14)13-8-15(22-2)20-16(9-13)23-3/h4-9,17,19H,1-3H3. The Morgan fingerprint density at radius 2 is 1.75 bits per heavy atom. The van der Waals surface area contributed by atoms with Crippen LogP contribution in [-0.4, -0.2) is 25.2 Å². The quantitative estimate of drug-likeness (QED) is 0.644. The van der Waals surface area contributed by atoms with E-state index < -0.39 is 12.2 Å². The third kappa shape index (κ3) is 4.36. The van der Waals surface area contributed by atoms with Crippen LogP contribution in [0.25, 0.3) is 0 Å². The van der Waals surface area contributed by atoms with E-state index in [2.05, 4.69) is 10.3 Å². The Kier molecular flexibility index (Phi) is 5.58. The van der Waals surface area contributed by atoms with Crippen molar-refractivity contribution in [2.75, 3.05) is 19.5 Å². The van der Waals surface area contributed by atoms with Gasteiger partial charge < -0.3 is 19.5 Å². The summed E-state index contributed by atoms with van der Waals surface area (Å²) in [4.78, 5) is 15.6. The molecular formula is C17H17N3O4. The molecule has 1 aromatic carbocycles. The SMILES string of the molecule is COc1cc(C(Nc2ccc(C#N)cc2)OC(C)=O)cc(OC)n1. The molecule has 2 aromatic rings. The number of benzene rings is 1. The maximum Gasteiger partial charge on any atom is 0.304 e. The molecule has 1 N–H and O–H groups in total. The molecule has 0 saturated carbocycles. The van der Waals surface area contributed by atoms with Gasteiger partial charge in [0.25, 0.3) is 0 Å². The Bertz CT molecular complexity index is 731. The number of methoxy groups -OCH3 is 2. The summed E-state index contributed by atoms with van der Waals surface area (Å²) < 4.78 is 15.6. The third-order valence-corrected chi connectivity index (χ3v) is 3.12. The zero-order valence-electron chi connectivity index (χ0n) is 13.6. The van der Waals surface area contributed by atoms with E-state index in [0.717, 1.165) is 0 Å². The van der Waals surface area contributed by atoms with Gasteiger partial charge in [0, 0.05) is 30.3 Å². The summed E-state index contributed by atoms with van der Waals surface area (Å²) in [6.45, 7) is 1.32. The van der Waals surface area contributed by atoms with Crippen molar-refractivity contribution in [1.82, 2.24) is 4.98 Å². The summed E-state index contributed by atoms with van der Waals surface area (Å²) in [5, 5.41) is 11.9. The number of nitrogens with zero attached hydrogens (tertiary/aromatic N) is 2. The van der Waals surface area contributed by atoms with E-state index in [0.29, 0.717) is 28.6 Å². The average Bonchev–Trinajstić information content (AvgIpc) is 2.60. The monoisotopic (exact) mass is 327 g/mol. The molecule has 0 amide bonds. The van der Waals surface area contributed by atoms with Crippen LogP contribution in [0.5, 0.6) is 11.8 Å². The molecule has 0 fully saturated rings. The normalized spacial score (nSPS) is 11.1. The third-order valence-electron chi connectivity index (χ3n) is 3.12. The first-order chi connectivity index (χ1) is 11.5. The molecule has 1 atom stereocenters. The van der Waals surface area contributed by atoms with Crippen LogP contribution in [0.4, 0.5) is 5.69 Å². The maximum absolute atomic E-state index is 11.4. The zero-order chi connectivity index (χ0) is 17.5. The van der Waals surface area contributed by atoms with Crippen molar-refractivity contribution >= 4 is 11.7 Å². The molecule has 0 aliphatic heterocycles. The molecule has 1 aromatic heterocycles. The van der Waals surface area contributed by atoms with Crippen LogP contribution in [0.2, 0.25) is 0 Å². The number of hydrogen-bond donors (Lipinski definition) is 1. The Morgan fingerprint density at radius 1 is 1.17 bits per heavy atom. The second kappa shape index (κ2) is 7.83. The number of pyridine rings is 1. The number of hydrogen-bond acceptors (Lipinski definition) is 7. The number of aromatic nitrogens is 1. The molecule has 7 heteroatoms. The fraction of sp³-hybridized carbons (Fsp3) is 0.235. The van der Waals surface area contributed by atoms with Gasteiger partial charge in [0.2, 0.25) is 11.8 Å². The summed E-state index contributed by atoms with van der Waals surface area (Å²) >= 11 is 0. The summed E-state index contributed by atoms with van der Waals surface area (Å²) in [6, 6.07) is 12.1. The molecule has 1 heterocycles. The molecule has 0 bridgehead atoms. The smallest absolute Gasteiger partial charge is 0.304 e. The minimum atomic E-state index is -0.763. The first kappa shape index (κ1) is 17.1. The number of carbonyl (C=O) groups excluding carboxylic acids is 1. The van der Waals surface area contributed by atoms with E-state index in [9.17, 15) is 4.79 Å². The van der Waals surface area contributed by atoms with Gasteiger partial charge in [-0.1, -0.05) is 0 Å². The average molecular weight is 327 g/mol. The molecule has 2 rings (SSSR count). The summed E-state index contributed by atoms with van der Waals surface area (Å²) in [5.74, 6) is 0.224. The minimum Gasteiger partial charge on any atom is -0.481 e. The summed E-state index contributed by atoms with van der Waals surface area (Å²) in [6.07, 6.45) is -0.763. The molecule has 0 aliphatic rings. The molecule has 0 spiro atoms. The number of carbonyl (C=O) groups is 1. The van der Waals surface area contributed by atoms with E-state index in [1.54, 1.807) is 36.4 Å². The van der Waals surface area contributed by atoms with Gasteiger partial charge >= 0.3 is 5.97 Å². The highest BCUT2D eigenvalue weighted by molar-refractivity contribution is 5.67. The van der Waals surface area contributed by atoms with Gasteiger partial charge in [-0.3, -0.25) is 4.79 Å². The van der Waals surface area contributed by atoms with E-state index in [4.69, 9.17) is 19.5 Å². The van der Waals surface area contributed by atoms with Crippen LogP contribution in [0, 0.1) is 11.3 Å². The van der Waals surface area contributed by atoms with Crippen LogP contribution in [0.3, 0.4) is 0 Å². The second-order valence-corrected chi connectivity index (χ2v) is 4.81. The van der Waals surface area contributed by atoms with Crippen molar-refractivity contribution in [1.29, 1.82) is 5.26 Å². The van der Waals surface area contributed by atoms with Crippen LogP contribution >= 0.6 is 0 Å². The van der Waals surface area contributed by atoms with Gasteiger partial charge in [0.15, 0.2) is 6.23 Å². The first-order valence-corrected chi connectivity index (χ1v) is 7.09. The van der Waals surface area contributed by atoms with Crippen molar-refractivity contribution in [3.8, 4) is 17.8 Å². The number of ether oxygens (including phenoxy) is 3. The van der Waals surface area contributed by atoms with Crippen LogP contribution < -0.4 is 14.8 Å². The first-order valence-electron chi connectivity index (χ1n) is 7.09. The largest absolute Gasteiger partial charge is 0.481 e. The lowest BCUT2D eigenvalue weighted by Crippen LogP contribution is -2.17. The maximum atomic E-state index is 11.4. The van der Waals surface area contributed by atoms with Gasteiger partial charge in [-0.25, -0.2) is 0 Å². The van der Waals surface area contributed by atoms with Gasteiger partial charge in [-0.05, 0) is 24.3 Å². The van der Waals surface area contributed by atoms with Gasteiger partial charge in [0.05, 0.1) is 25.9 Å².